The van der Waals surface area contributed by atoms with E-state index in [1.54, 1.807) is 0 Å². The van der Waals surface area contributed by atoms with Crippen LogP contribution in [0.2, 0.25) is 0 Å². The standard InChI is InChI=1S/C9H7F4NO4/c1-17-7-4(2-10)6(8(15)16)5(3-14-7)18-9(11,12)13/h3H,2H2,1H3,(H,15,16). The smallest absolute Gasteiger partial charge is 0.481 e. The fourth-order valence-corrected chi connectivity index (χ4v) is 1.25. The van der Waals surface area contributed by atoms with Crippen molar-refractivity contribution in [3.8, 4) is 11.6 Å². The number of aromatic nitrogens is 1. The highest BCUT2D eigenvalue weighted by atomic mass is 19.4. The van der Waals surface area contributed by atoms with Crippen molar-refractivity contribution in [2.75, 3.05) is 7.11 Å². The zero-order valence-corrected chi connectivity index (χ0v) is 8.92. The van der Waals surface area contributed by atoms with Crippen molar-refractivity contribution in [3.63, 3.8) is 0 Å². The third-order valence-electron chi connectivity index (χ3n) is 1.87. The molecular weight excluding hydrogens is 262 g/mol. The second-order valence-corrected chi connectivity index (χ2v) is 2.97. The minimum absolute atomic E-state index is 0.413. The molecule has 0 saturated carbocycles. The van der Waals surface area contributed by atoms with E-state index >= 15 is 0 Å². The Bertz CT molecular complexity index is 461. The van der Waals surface area contributed by atoms with E-state index in [2.05, 4.69) is 14.5 Å². The molecule has 9 heteroatoms. The number of ether oxygens (including phenoxy) is 2. The molecule has 0 aliphatic carbocycles. The zero-order chi connectivity index (χ0) is 13.9. The van der Waals surface area contributed by atoms with Gasteiger partial charge in [0.1, 0.15) is 12.2 Å². The Morgan fingerprint density at radius 3 is 2.50 bits per heavy atom. The third-order valence-corrected chi connectivity index (χ3v) is 1.87. The van der Waals surface area contributed by atoms with Gasteiger partial charge in [0.25, 0.3) is 0 Å². The average Bonchev–Trinajstić information content (AvgIpc) is 2.25. The van der Waals surface area contributed by atoms with Crippen LogP contribution in [0.5, 0.6) is 11.6 Å². The summed E-state index contributed by atoms with van der Waals surface area (Å²) in [6.45, 7) is -1.35. The summed E-state index contributed by atoms with van der Waals surface area (Å²) in [5.41, 5.74) is -1.59. The molecule has 100 valence electrons. The maximum atomic E-state index is 12.7. The third kappa shape index (κ3) is 2.99. The summed E-state index contributed by atoms with van der Waals surface area (Å²) in [5.74, 6) is -3.28. The van der Waals surface area contributed by atoms with Crippen LogP contribution in [-0.4, -0.2) is 29.5 Å². The van der Waals surface area contributed by atoms with Crippen LogP contribution in [0.25, 0.3) is 0 Å². The van der Waals surface area contributed by atoms with E-state index < -0.39 is 41.8 Å². The van der Waals surface area contributed by atoms with Crippen molar-refractivity contribution < 1.29 is 36.9 Å². The van der Waals surface area contributed by atoms with Crippen LogP contribution in [0.1, 0.15) is 15.9 Å². The summed E-state index contributed by atoms with van der Waals surface area (Å²) < 4.78 is 56.8. The normalized spacial score (nSPS) is 11.2. The second kappa shape index (κ2) is 5.07. The first kappa shape index (κ1) is 14.0. The molecule has 0 unspecified atom stereocenters. The number of carbonyl (C=O) groups is 1. The first-order valence-electron chi connectivity index (χ1n) is 4.41. The van der Waals surface area contributed by atoms with E-state index in [1.165, 1.54) is 0 Å². The zero-order valence-electron chi connectivity index (χ0n) is 8.92. The number of aromatic carboxylic acids is 1. The van der Waals surface area contributed by atoms with Crippen LogP contribution in [0, 0.1) is 0 Å². The van der Waals surface area contributed by atoms with Gasteiger partial charge in [0, 0.05) is 0 Å². The molecule has 1 heterocycles. The molecule has 0 atom stereocenters. The number of carboxylic acids is 1. The van der Waals surface area contributed by atoms with Gasteiger partial charge in [-0.2, -0.15) is 0 Å². The summed E-state index contributed by atoms with van der Waals surface area (Å²) in [4.78, 5) is 14.2. The van der Waals surface area contributed by atoms with E-state index in [4.69, 9.17) is 5.11 Å². The minimum Gasteiger partial charge on any atom is -0.481 e. The lowest BCUT2D eigenvalue weighted by molar-refractivity contribution is -0.274. The Morgan fingerprint density at radius 1 is 1.50 bits per heavy atom. The summed E-state index contributed by atoms with van der Waals surface area (Å²) in [5, 5.41) is 8.80. The number of hydrogen-bond donors (Lipinski definition) is 1. The van der Waals surface area contributed by atoms with Gasteiger partial charge in [-0.25, -0.2) is 14.2 Å². The Balaban J connectivity index is 3.39. The topological polar surface area (TPSA) is 68.7 Å². The molecule has 1 aromatic heterocycles. The van der Waals surface area contributed by atoms with Crippen molar-refractivity contribution in [1.82, 2.24) is 4.98 Å². The van der Waals surface area contributed by atoms with Crippen LogP contribution in [0.15, 0.2) is 6.20 Å². The van der Waals surface area contributed by atoms with Crippen LogP contribution < -0.4 is 9.47 Å². The second-order valence-electron chi connectivity index (χ2n) is 2.97. The van der Waals surface area contributed by atoms with E-state index in [0.717, 1.165) is 7.11 Å². The molecule has 0 aromatic carbocycles. The lowest BCUT2D eigenvalue weighted by Crippen LogP contribution is -2.20. The Kier molecular flexibility index (Phi) is 3.94. The fraction of sp³-hybridized carbons (Fsp3) is 0.333. The Morgan fingerprint density at radius 2 is 2.11 bits per heavy atom. The fourth-order valence-electron chi connectivity index (χ4n) is 1.25. The number of nitrogens with zero attached hydrogens (tertiary/aromatic N) is 1. The predicted molar refractivity (Wildman–Crippen MR) is 49.2 cm³/mol. The lowest BCUT2D eigenvalue weighted by atomic mass is 10.1. The number of rotatable bonds is 4. The maximum Gasteiger partial charge on any atom is 0.573 e. The molecule has 1 aromatic rings. The predicted octanol–water partition coefficient (Wildman–Crippen LogP) is 2.16. The van der Waals surface area contributed by atoms with Gasteiger partial charge in [0.05, 0.1) is 18.9 Å². The minimum atomic E-state index is -5.10. The van der Waals surface area contributed by atoms with E-state index in [1.807, 2.05) is 0 Å². The molecular formula is C9H7F4NO4. The first-order valence-corrected chi connectivity index (χ1v) is 4.41. The number of methoxy groups -OCH3 is 1. The van der Waals surface area contributed by atoms with Gasteiger partial charge in [-0.05, 0) is 0 Å². The highest BCUT2D eigenvalue weighted by Crippen LogP contribution is 2.32. The highest BCUT2D eigenvalue weighted by molar-refractivity contribution is 5.93. The quantitative estimate of drug-likeness (QED) is 0.848. The molecule has 18 heavy (non-hydrogen) atoms. The average molecular weight is 269 g/mol. The van der Waals surface area contributed by atoms with Gasteiger partial charge >= 0.3 is 12.3 Å². The molecule has 0 radical (unpaired) electrons. The van der Waals surface area contributed by atoms with E-state index in [9.17, 15) is 22.4 Å². The molecule has 0 fully saturated rings. The Labute approximate surface area is 98.0 Å². The molecule has 0 spiro atoms. The molecule has 5 nitrogen and oxygen atoms in total. The number of halogens is 4. The lowest BCUT2D eigenvalue weighted by Gasteiger charge is -2.14. The summed E-state index contributed by atoms with van der Waals surface area (Å²) in [6, 6.07) is 0. The van der Waals surface area contributed by atoms with Crippen LogP contribution in [-0.2, 0) is 6.67 Å². The molecule has 1 N–H and O–H groups in total. The molecule has 0 bridgehead atoms. The number of alkyl halides is 4. The van der Waals surface area contributed by atoms with Gasteiger partial charge in [0.15, 0.2) is 5.75 Å². The van der Waals surface area contributed by atoms with Gasteiger partial charge in [-0.1, -0.05) is 0 Å². The highest BCUT2D eigenvalue weighted by Gasteiger charge is 2.34. The first-order chi connectivity index (χ1) is 8.30. The molecule has 0 saturated heterocycles. The van der Waals surface area contributed by atoms with E-state index in [0.29, 0.717) is 6.20 Å². The van der Waals surface area contributed by atoms with E-state index in [-0.39, 0.29) is 0 Å². The van der Waals surface area contributed by atoms with Crippen molar-refractivity contribution in [2.24, 2.45) is 0 Å². The number of pyridine rings is 1. The molecule has 1 rings (SSSR count). The van der Waals surface area contributed by atoms with Crippen molar-refractivity contribution in [1.29, 1.82) is 0 Å². The Hall–Kier alpha value is -2.06. The summed E-state index contributed by atoms with van der Waals surface area (Å²) >= 11 is 0. The van der Waals surface area contributed by atoms with Crippen LogP contribution in [0.4, 0.5) is 17.6 Å². The monoisotopic (exact) mass is 269 g/mol. The summed E-state index contributed by atoms with van der Waals surface area (Å²) in [7, 11) is 1.08. The number of hydrogen-bond acceptors (Lipinski definition) is 4. The maximum absolute atomic E-state index is 12.7. The van der Waals surface area contributed by atoms with Crippen LogP contribution >= 0.6 is 0 Å². The van der Waals surface area contributed by atoms with Crippen molar-refractivity contribution in [3.05, 3.63) is 17.3 Å². The van der Waals surface area contributed by atoms with Crippen LogP contribution in [0.3, 0.4) is 0 Å². The molecule has 0 aliphatic heterocycles. The molecule has 0 aliphatic rings. The summed E-state index contributed by atoms with van der Waals surface area (Å²) in [6.07, 6.45) is -4.59. The van der Waals surface area contributed by atoms with Gasteiger partial charge < -0.3 is 14.6 Å². The van der Waals surface area contributed by atoms with Crippen molar-refractivity contribution >= 4 is 5.97 Å². The van der Waals surface area contributed by atoms with Gasteiger partial charge in [-0.3, -0.25) is 0 Å². The van der Waals surface area contributed by atoms with Gasteiger partial charge in [-0.15, -0.1) is 13.2 Å². The number of carboxylic acid groups (broad SMARTS) is 1. The van der Waals surface area contributed by atoms with Crippen molar-refractivity contribution in [2.45, 2.75) is 13.0 Å². The van der Waals surface area contributed by atoms with Gasteiger partial charge in [0.2, 0.25) is 5.88 Å². The molecule has 0 amide bonds. The SMILES string of the molecule is COc1ncc(OC(F)(F)F)c(C(=O)O)c1CF. The largest absolute Gasteiger partial charge is 0.573 e.